The molecule has 0 saturated carbocycles. The first-order valence-corrected chi connectivity index (χ1v) is 7.65. The monoisotopic (exact) mass is 388 g/mol. The number of piperidine rings is 1. The van der Waals surface area contributed by atoms with Crippen LogP contribution in [0.1, 0.15) is 24.4 Å². The summed E-state index contributed by atoms with van der Waals surface area (Å²) in [7, 11) is 4.38. The molecule has 2 rings (SSSR count). The summed E-state index contributed by atoms with van der Waals surface area (Å²) in [6, 6.07) is -0.0980. The fraction of sp³-hybridized carbons (Fsp3) is 0.500. The van der Waals surface area contributed by atoms with Crippen molar-refractivity contribution in [1.29, 1.82) is 0 Å². The minimum Gasteiger partial charge on any atom is -0.493 e. The minimum absolute atomic E-state index is 0.129. The predicted octanol–water partition coefficient (Wildman–Crippen LogP) is 2.07. The van der Waals surface area contributed by atoms with E-state index in [-0.39, 0.29) is 23.7 Å². The molecule has 1 saturated heterocycles. The number of hydrogen-bond donors (Lipinski definition) is 1. The van der Waals surface area contributed by atoms with E-state index in [2.05, 4.69) is 21.2 Å². The van der Waals surface area contributed by atoms with E-state index in [1.54, 1.807) is 6.07 Å². The number of carbonyl (C=O) groups excluding carboxylic acids is 1. The molecule has 0 aliphatic carbocycles. The van der Waals surface area contributed by atoms with Gasteiger partial charge in [-0.2, -0.15) is 0 Å². The highest BCUT2D eigenvalue weighted by molar-refractivity contribution is 9.10. The fourth-order valence-corrected chi connectivity index (χ4v) is 3.37. The zero-order valence-corrected chi connectivity index (χ0v) is 14.5. The summed E-state index contributed by atoms with van der Waals surface area (Å²) in [4.78, 5) is 22.7. The Bertz CT molecular complexity index is 636. The number of carbonyl (C=O) groups is 1. The van der Waals surface area contributed by atoms with Gasteiger partial charge in [0, 0.05) is 23.3 Å². The second-order valence-corrected chi connectivity index (χ2v) is 5.78. The van der Waals surface area contributed by atoms with Crippen molar-refractivity contribution in [3.63, 3.8) is 0 Å². The third-order valence-corrected chi connectivity index (χ3v) is 4.59. The van der Waals surface area contributed by atoms with Gasteiger partial charge in [0.25, 0.3) is 0 Å². The Morgan fingerprint density at radius 2 is 1.91 bits per heavy atom. The van der Waals surface area contributed by atoms with E-state index in [0.29, 0.717) is 27.3 Å². The molecule has 0 spiro atoms. The normalized spacial score (nSPS) is 20.6. The zero-order valence-electron chi connectivity index (χ0n) is 12.9. The highest BCUT2D eigenvalue weighted by Gasteiger charge is 2.40. The maximum absolute atomic E-state index is 11.7. The summed E-state index contributed by atoms with van der Waals surface area (Å²) < 4.78 is 16.4. The van der Waals surface area contributed by atoms with Crippen molar-refractivity contribution in [1.82, 2.24) is 5.32 Å². The van der Waals surface area contributed by atoms with Crippen molar-refractivity contribution < 1.29 is 23.9 Å². The number of hydrogen-bond acceptors (Lipinski definition) is 6. The van der Waals surface area contributed by atoms with Crippen molar-refractivity contribution in [3.05, 3.63) is 26.2 Å². The van der Waals surface area contributed by atoms with Crippen LogP contribution in [0.15, 0.2) is 10.5 Å². The van der Waals surface area contributed by atoms with Gasteiger partial charge in [0.15, 0.2) is 11.5 Å². The highest BCUT2D eigenvalue weighted by Crippen LogP contribution is 2.47. The molecule has 1 aliphatic heterocycles. The maximum Gasteiger partial charge on any atom is 0.237 e. The Balaban J connectivity index is 2.60. The van der Waals surface area contributed by atoms with Crippen molar-refractivity contribution in [2.45, 2.75) is 24.9 Å². The predicted molar refractivity (Wildman–Crippen MR) is 84.7 cm³/mol. The van der Waals surface area contributed by atoms with Crippen molar-refractivity contribution in [2.75, 3.05) is 21.3 Å². The molecule has 23 heavy (non-hydrogen) atoms. The van der Waals surface area contributed by atoms with Gasteiger partial charge in [0.05, 0.1) is 25.8 Å². The average molecular weight is 389 g/mol. The molecule has 1 heterocycles. The van der Waals surface area contributed by atoms with Gasteiger partial charge in [-0.1, -0.05) is 0 Å². The third-order valence-electron chi connectivity index (χ3n) is 3.77. The first kappa shape index (κ1) is 17.3. The summed E-state index contributed by atoms with van der Waals surface area (Å²) in [6.07, 6.45) is 0.302. The summed E-state index contributed by atoms with van der Waals surface area (Å²) in [5.74, 6) is 0.854. The van der Waals surface area contributed by atoms with Crippen LogP contribution in [-0.4, -0.2) is 38.2 Å². The largest absolute Gasteiger partial charge is 0.493 e. The van der Waals surface area contributed by atoms with Crippen LogP contribution in [-0.2, 0) is 4.79 Å². The Morgan fingerprint density at radius 3 is 2.43 bits per heavy atom. The number of nitrogens with zero attached hydrogens (tertiary/aromatic N) is 1. The summed E-state index contributed by atoms with van der Waals surface area (Å²) in [5, 5.41) is 14.0. The Labute approximate surface area is 141 Å². The Kier molecular flexibility index (Phi) is 5.30. The number of nitrogens with one attached hydrogen (secondary N) is 1. The van der Waals surface area contributed by atoms with Gasteiger partial charge in [-0.05, 0) is 22.0 Å². The average Bonchev–Trinajstić information content (AvgIpc) is 2.53. The number of ether oxygens (including phenoxy) is 3. The third kappa shape index (κ3) is 3.19. The summed E-state index contributed by atoms with van der Waals surface area (Å²) in [6.45, 7) is 0. The lowest BCUT2D eigenvalue weighted by molar-refractivity contribution is -0.529. The van der Waals surface area contributed by atoms with Crippen LogP contribution in [0.3, 0.4) is 0 Å². The molecule has 0 unspecified atom stereocenters. The SMILES string of the molecule is COc1cc([C@H]2NC(=O)CC[C@H]2[N+](=O)[O-])c(Br)c(OC)c1OC. The Morgan fingerprint density at radius 1 is 1.26 bits per heavy atom. The quantitative estimate of drug-likeness (QED) is 0.612. The first-order chi connectivity index (χ1) is 10.9. The molecular formula is C14H17BrN2O6. The number of amides is 1. The number of halogens is 1. The van der Waals surface area contributed by atoms with Crippen LogP contribution in [0.25, 0.3) is 0 Å². The number of rotatable bonds is 5. The first-order valence-electron chi connectivity index (χ1n) is 6.85. The molecule has 1 amide bonds. The highest BCUT2D eigenvalue weighted by atomic mass is 79.9. The van der Waals surface area contributed by atoms with E-state index in [9.17, 15) is 14.9 Å². The van der Waals surface area contributed by atoms with Crippen LogP contribution in [0.4, 0.5) is 0 Å². The molecule has 2 atom stereocenters. The lowest BCUT2D eigenvalue weighted by atomic mass is 9.92. The van der Waals surface area contributed by atoms with E-state index >= 15 is 0 Å². The van der Waals surface area contributed by atoms with E-state index in [1.165, 1.54) is 21.3 Å². The lowest BCUT2D eigenvalue weighted by Gasteiger charge is -2.28. The van der Waals surface area contributed by atoms with Gasteiger partial charge in [0.1, 0.15) is 6.04 Å². The molecule has 1 aliphatic rings. The van der Waals surface area contributed by atoms with Crippen LogP contribution in [0.5, 0.6) is 17.2 Å². The van der Waals surface area contributed by atoms with Crippen LogP contribution < -0.4 is 19.5 Å². The van der Waals surface area contributed by atoms with Gasteiger partial charge in [-0.25, -0.2) is 0 Å². The number of nitro groups is 1. The smallest absolute Gasteiger partial charge is 0.237 e. The lowest BCUT2D eigenvalue weighted by Crippen LogP contribution is -2.45. The van der Waals surface area contributed by atoms with Crippen LogP contribution >= 0.6 is 15.9 Å². The minimum atomic E-state index is -0.924. The van der Waals surface area contributed by atoms with Gasteiger partial charge in [-0.3, -0.25) is 14.9 Å². The molecule has 1 N–H and O–H groups in total. The Hall–Kier alpha value is -2.03. The van der Waals surface area contributed by atoms with Gasteiger partial charge >= 0.3 is 0 Å². The second-order valence-electron chi connectivity index (χ2n) is 4.99. The molecule has 0 aromatic heterocycles. The van der Waals surface area contributed by atoms with Gasteiger partial charge in [0.2, 0.25) is 17.7 Å². The fourth-order valence-electron chi connectivity index (χ4n) is 2.67. The topological polar surface area (TPSA) is 99.9 Å². The molecule has 9 heteroatoms. The molecule has 1 aromatic rings. The summed E-state index contributed by atoms with van der Waals surface area (Å²) >= 11 is 3.39. The maximum atomic E-state index is 11.7. The van der Waals surface area contributed by atoms with Gasteiger partial charge < -0.3 is 19.5 Å². The number of benzene rings is 1. The second kappa shape index (κ2) is 7.03. The van der Waals surface area contributed by atoms with E-state index in [4.69, 9.17) is 14.2 Å². The van der Waals surface area contributed by atoms with Crippen LogP contribution in [0, 0.1) is 10.1 Å². The van der Waals surface area contributed by atoms with E-state index < -0.39 is 12.1 Å². The zero-order chi connectivity index (χ0) is 17.1. The molecule has 0 radical (unpaired) electrons. The molecule has 1 fully saturated rings. The van der Waals surface area contributed by atoms with Crippen molar-refractivity contribution >= 4 is 21.8 Å². The standard InChI is InChI=1S/C14H17BrN2O6/c1-21-9-6-7(11(15)14(23-3)13(9)22-2)12-8(17(19)20)4-5-10(18)16-12/h6,8,12H,4-5H2,1-3H3,(H,16,18)/t8-,12-/m1/s1. The number of methoxy groups -OCH3 is 3. The van der Waals surface area contributed by atoms with E-state index in [0.717, 1.165) is 0 Å². The van der Waals surface area contributed by atoms with Crippen LogP contribution in [0.2, 0.25) is 0 Å². The van der Waals surface area contributed by atoms with Crippen molar-refractivity contribution in [2.24, 2.45) is 0 Å². The molecule has 8 nitrogen and oxygen atoms in total. The molecule has 0 bridgehead atoms. The molecule has 126 valence electrons. The van der Waals surface area contributed by atoms with Gasteiger partial charge in [-0.15, -0.1) is 0 Å². The van der Waals surface area contributed by atoms with Crippen molar-refractivity contribution in [3.8, 4) is 17.2 Å². The molecule has 1 aromatic carbocycles. The molecular weight excluding hydrogens is 372 g/mol. The summed E-state index contributed by atoms with van der Waals surface area (Å²) in [5.41, 5.74) is 0.509. The van der Waals surface area contributed by atoms with E-state index in [1.807, 2.05) is 0 Å².